The summed E-state index contributed by atoms with van der Waals surface area (Å²) in [5.41, 5.74) is 0.0764. The van der Waals surface area contributed by atoms with Crippen LogP contribution in [0.15, 0.2) is 16.6 Å². The minimum absolute atomic E-state index is 0.245. The van der Waals surface area contributed by atoms with E-state index in [0.717, 1.165) is 0 Å². The Balaban J connectivity index is 3.04. The van der Waals surface area contributed by atoms with Gasteiger partial charge in [-0.15, -0.1) is 0 Å². The molecule has 21 heavy (non-hydrogen) atoms. The third-order valence-corrected chi connectivity index (χ3v) is 2.93. The number of carbonyl (C=O) groups excluding carboxylic acids is 2. The molecule has 0 fully saturated rings. The van der Waals surface area contributed by atoms with E-state index in [1.54, 1.807) is 26.8 Å². The normalized spacial score (nSPS) is 10.8. The van der Waals surface area contributed by atoms with Crippen LogP contribution in [0.2, 0.25) is 0 Å². The maximum absolute atomic E-state index is 11.7. The van der Waals surface area contributed by atoms with E-state index in [9.17, 15) is 9.59 Å². The van der Waals surface area contributed by atoms with Crippen molar-refractivity contribution in [2.45, 2.75) is 26.4 Å². The zero-order chi connectivity index (χ0) is 16.2. The van der Waals surface area contributed by atoms with Gasteiger partial charge in [-0.25, -0.2) is 9.59 Å². The topological polar surface area (TPSA) is 73.9 Å². The Bertz CT molecular complexity index is 551. The number of benzene rings is 1. The molecule has 1 N–H and O–H groups in total. The summed E-state index contributed by atoms with van der Waals surface area (Å²) in [6.07, 6.45) is -0.595. The Labute approximate surface area is 131 Å². The first-order valence-electron chi connectivity index (χ1n) is 6.13. The molecule has 0 aliphatic rings. The van der Waals surface area contributed by atoms with Gasteiger partial charge in [0.25, 0.3) is 0 Å². The summed E-state index contributed by atoms with van der Waals surface area (Å²) in [5, 5.41) is 2.57. The van der Waals surface area contributed by atoms with Crippen LogP contribution < -0.4 is 10.1 Å². The van der Waals surface area contributed by atoms with Crippen LogP contribution in [-0.4, -0.2) is 31.9 Å². The molecule has 0 spiro atoms. The molecular weight excluding hydrogens is 342 g/mol. The number of anilines is 1. The van der Waals surface area contributed by atoms with E-state index in [1.165, 1.54) is 20.3 Å². The van der Waals surface area contributed by atoms with Crippen LogP contribution in [0, 0.1) is 0 Å². The fourth-order valence-corrected chi connectivity index (χ4v) is 2.14. The second kappa shape index (κ2) is 6.80. The molecular formula is C14H18BrNO5. The summed E-state index contributed by atoms with van der Waals surface area (Å²) >= 11 is 3.26. The van der Waals surface area contributed by atoms with Crippen LogP contribution in [0.25, 0.3) is 0 Å². The maximum Gasteiger partial charge on any atom is 0.412 e. The lowest BCUT2D eigenvalue weighted by Crippen LogP contribution is -2.27. The monoisotopic (exact) mass is 359 g/mol. The molecule has 1 aromatic carbocycles. The lowest BCUT2D eigenvalue weighted by atomic mass is 10.2. The van der Waals surface area contributed by atoms with E-state index in [2.05, 4.69) is 26.0 Å². The van der Waals surface area contributed by atoms with Crippen molar-refractivity contribution in [3.05, 3.63) is 22.2 Å². The van der Waals surface area contributed by atoms with Crippen LogP contribution >= 0.6 is 15.9 Å². The van der Waals surface area contributed by atoms with Gasteiger partial charge in [-0.1, -0.05) is 0 Å². The summed E-state index contributed by atoms with van der Waals surface area (Å²) in [5.74, 6) is -0.259. The van der Waals surface area contributed by atoms with Crippen molar-refractivity contribution < 1.29 is 23.8 Å². The van der Waals surface area contributed by atoms with Crippen molar-refractivity contribution in [2.75, 3.05) is 19.5 Å². The number of hydrogen-bond acceptors (Lipinski definition) is 5. The predicted molar refractivity (Wildman–Crippen MR) is 81.9 cm³/mol. The second-order valence-corrected chi connectivity index (χ2v) is 6.01. The number of esters is 1. The predicted octanol–water partition coefficient (Wildman–Crippen LogP) is 3.59. The SMILES string of the molecule is COC(=O)c1c(Br)cc(NC(=O)OC(C)(C)C)cc1OC. The van der Waals surface area contributed by atoms with Crippen molar-refractivity contribution in [1.29, 1.82) is 0 Å². The number of methoxy groups -OCH3 is 2. The van der Waals surface area contributed by atoms with Crippen molar-refractivity contribution >= 4 is 33.7 Å². The maximum atomic E-state index is 11.7. The summed E-state index contributed by atoms with van der Waals surface area (Å²) in [6, 6.07) is 3.08. The zero-order valence-electron chi connectivity index (χ0n) is 12.6. The number of amides is 1. The highest BCUT2D eigenvalue weighted by atomic mass is 79.9. The molecule has 1 rings (SSSR count). The van der Waals surface area contributed by atoms with Crippen molar-refractivity contribution in [3.63, 3.8) is 0 Å². The van der Waals surface area contributed by atoms with Crippen molar-refractivity contribution in [1.82, 2.24) is 0 Å². The van der Waals surface area contributed by atoms with Gasteiger partial charge in [-0.3, -0.25) is 5.32 Å². The summed E-state index contributed by atoms with van der Waals surface area (Å²) in [4.78, 5) is 23.4. The number of ether oxygens (including phenoxy) is 3. The third kappa shape index (κ3) is 4.93. The second-order valence-electron chi connectivity index (χ2n) is 5.15. The molecule has 0 saturated heterocycles. The average Bonchev–Trinajstić information content (AvgIpc) is 2.34. The van der Waals surface area contributed by atoms with Crippen LogP contribution in [-0.2, 0) is 9.47 Å². The molecule has 0 aliphatic carbocycles. The summed E-state index contributed by atoms with van der Waals surface area (Å²) < 4.78 is 15.4. The Kier molecular flexibility index (Phi) is 5.60. The first-order valence-corrected chi connectivity index (χ1v) is 6.93. The zero-order valence-corrected chi connectivity index (χ0v) is 14.2. The minimum atomic E-state index is -0.600. The van der Waals surface area contributed by atoms with Gasteiger partial charge in [0.2, 0.25) is 0 Å². The van der Waals surface area contributed by atoms with Crippen molar-refractivity contribution in [3.8, 4) is 5.75 Å². The molecule has 6 nitrogen and oxygen atoms in total. The van der Waals surface area contributed by atoms with Crippen LogP contribution in [0.1, 0.15) is 31.1 Å². The fourth-order valence-electron chi connectivity index (χ4n) is 1.54. The molecule has 0 atom stereocenters. The molecule has 0 heterocycles. The van der Waals surface area contributed by atoms with Crippen LogP contribution in [0.5, 0.6) is 5.75 Å². The van der Waals surface area contributed by atoms with Gasteiger partial charge in [-0.2, -0.15) is 0 Å². The molecule has 0 aliphatic heterocycles. The largest absolute Gasteiger partial charge is 0.496 e. The fraction of sp³-hybridized carbons (Fsp3) is 0.429. The molecule has 1 aromatic rings. The quantitative estimate of drug-likeness (QED) is 0.834. The molecule has 1 amide bonds. The van der Waals surface area contributed by atoms with Crippen LogP contribution in [0.3, 0.4) is 0 Å². The van der Waals surface area contributed by atoms with E-state index in [4.69, 9.17) is 9.47 Å². The molecule has 7 heteroatoms. The van der Waals surface area contributed by atoms with E-state index in [0.29, 0.717) is 10.2 Å². The Morgan fingerprint density at radius 1 is 1.19 bits per heavy atom. The van der Waals surface area contributed by atoms with Gasteiger partial charge >= 0.3 is 12.1 Å². The minimum Gasteiger partial charge on any atom is -0.496 e. The van der Waals surface area contributed by atoms with Gasteiger partial charge in [0.05, 0.1) is 14.2 Å². The van der Waals surface area contributed by atoms with E-state index in [-0.39, 0.29) is 11.3 Å². The van der Waals surface area contributed by atoms with Crippen molar-refractivity contribution in [2.24, 2.45) is 0 Å². The van der Waals surface area contributed by atoms with Gasteiger partial charge < -0.3 is 14.2 Å². The molecule has 0 bridgehead atoms. The molecule has 0 radical (unpaired) electrons. The van der Waals surface area contributed by atoms with E-state index < -0.39 is 17.7 Å². The Hall–Kier alpha value is -1.76. The van der Waals surface area contributed by atoms with Gasteiger partial charge in [0, 0.05) is 16.2 Å². The smallest absolute Gasteiger partial charge is 0.412 e. The number of hydrogen-bond donors (Lipinski definition) is 1. The summed E-state index contributed by atoms with van der Waals surface area (Å²) in [6.45, 7) is 5.30. The van der Waals surface area contributed by atoms with E-state index >= 15 is 0 Å². The lowest BCUT2D eigenvalue weighted by molar-refractivity contribution is 0.0594. The molecule has 116 valence electrons. The number of rotatable bonds is 3. The highest BCUT2D eigenvalue weighted by Gasteiger charge is 2.20. The molecule has 0 saturated carbocycles. The molecule has 0 unspecified atom stereocenters. The number of carbonyl (C=O) groups is 2. The Morgan fingerprint density at radius 3 is 2.29 bits per heavy atom. The van der Waals surface area contributed by atoms with Crippen LogP contribution in [0.4, 0.5) is 10.5 Å². The van der Waals surface area contributed by atoms with Gasteiger partial charge in [0.1, 0.15) is 16.9 Å². The third-order valence-electron chi connectivity index (χ3n) is 2.31. The first-order chi connectivity index (χ1) is 9.67. The van der Waals surface area contributed by atoms with Gasteiger partial charge in [0.15, 0.2) is 0 Å². The Morgan fingerprint density at radius 2 is 1.81 bits per heavy atom. The standard InChI is InChI=1S/C14H18BrNO5/c1-14(2,3)21-13(18)16-8-6-9(15)11(12(17)20-5)10(7-8)19-4/h6-7H,1-5H3,(H,16,18). The van der Waals surface area contributed by atoms with Gasteiger partial charge in [-0.05, 0) is 42.8 Å². The highest BCUT2D eigenvalue weighted by molar-refractivity contribution is 9.10. The van der Waals surface area contributed by atoms with E-state index in [1.807, 2.05) is 0 Å². The average molecular weight is 360 g/mol. The molecule has 0 aromatic heterocycles. The first kappa shape index (κ1) is 17.3. The number of nitrogens with one attached hydrogen (secondary N) is 1. The number of halogens is 1. The highest BCUT2D eigenvalue weighted by Crippen LogP contribution is 2.32. The lowest BCUT2D eigenvalue weighted by Gasteiger charge is -2.20. The summed E-state index contributed by atoms with van der Waals surface area (Å²) in [7, 11) is 2.70.